The Balaban J connectivity index is 2.07. The number of anilines is 1. The predicted molar refractivity (Wildman–Crippen MR) is 153 cm³/mol. The van der Waals surface area contributed by atoms with Crippen molar-refractivity contribution in [3.63, 3.8) is 0 Å². The molecular weight excluding hydrogens is 538 g/mol. The van der Waals surface area contributed by atoms with Crippen LogP contribution >= 0.6 is 11.6 Å². The van der Waals surface area contributed by atoms with Crippen molar-refractivity contribution in [2.24, 2.45) is 0 Å². The van der Waals surface area contributed by atoms with E-state index in [0.717, 1.165) is 21.9 Å². The van der Waals surface area contributed by atoms with E-state index in [1.807, 2.05) is 13.8 Å². The van der Waals surface area contributed by atoms with Gasteiger partial charge in [-0.25, -0.2) is 8.42 Å². The van der Waals surface area contributed by atoms with Gasteiger partial charge in [0.05, 0.1) is 17.7 Å². The second kappa shape index (κ2) is 13.5. The second-order valence-corrected chi connectivity index (χ2v) is 11.4. The van der Waals surface area contributed by atoms with Crippen LogP contribution in [-0.4, -0.2) is 51.4 Å². The number of methoxy groups -OCH3 is 1. The zero-order chi connectivity index (χ0) is 28.6. The number of sulfonamides is 1. The molecule has 0 radical (unpaired) electrons. The molecule has 8 nitrogen and oxygen atoms in total. The minimum atomic E-state index is -4.18. The van der Waals surface area contributed by atoms with Crippen LogP contribution in [0.3, 0.4) is 0 Å². The Kier molecular flexibility index (Phi) is 10.4. The summed E-state index contributed by atoms with van der Waals surface area (Å²) in [6.07, 6.45) is 0.736. The molecule has 0 aromatic heterocycles. The summed E-state index contributed by atoms with van der Waals surface area (Å²) in [5, 5.41) is 3.36. The van der Waals surface area contributed by atoms with Gasteiger partial charge in [0.25, 0.3) is 10.0 Å². The lowest BCUT2D eigenvalue weighted by molar-refractivity contribution is -0.139. The van der Waals surface area contributed by atoms with Gasteiger partial charge >= 0.3 is 0 Å². The van der Waals surface area contributed by atoms with Crippen LogP contribution in [0.25, 0.3) is 0 Å². The quantitative estimate of drug-likeness (QED) is 0.337. The fourth-order valence-corrected chi connectivity index (χ4v) is 5.56. The third-order valence-corrected chi connectivity index (χ3v) is 8.22. The minimum Gasteiger partial charge on any atom is -0.495 e. The zero-order valence-corrected chi connectivity index (χ0v) is 24.1. The first-order valence-corrected chi connectivity index (χ1v) is 14.4. The van der Waals surface area contributed by atoms with E-state index in [0.29, 0.717) is 17.3 Å². The van der Waals surface area contributed by atoms with Gasteiger partial charge in [-0.2, -0.15) is 0 Å². The summed E-state index contributed by atoms with van der Waals surface area (Å²) in [5.74, 6) is -0.581. The van der Waals surface area contributed by atoms with Gasteiger partial charge < -0.3 is 15.0 Å². The van der Waals surface area contributed by atoms with E-state index < -0.39 is 28.5 Å². The highest BCUT2D eigenvalue weighted by molar-refractivity contribution is 7.92. The molecule has 0 aliphatic rings. The molecule has 1 atom stereocenters. The van der Waals surface area contributed by atoms with Crippen LogP contribution < -0.4 is 14.4 Å². The van der Waals surface area contributed by atoms with Crippen LogP contribution in [0.15, 0.2) is 77.7 Å². The number of benzene rings is 3. The lowest BCUT2D eigenvalue weighted by Gasteiger charge is -2.32. The van der Waals surface area contributed by atoms with Crippen LogP contribution in [0.5, 0.6) is 5.75 Å². The Morgan fingerprint density at radius 2 is 1.69 bits per heavy atom. The van der Waals surface area contributed by atoms with Crippen molar-refractivity contribution in [1.29, 1.82) is 0 Å². The number of carbonyl (C=O) groups is 2. The highest BCUT2D eigenvalue weighted by atomic mass is 35.5. The molecule has 3 rings (SSSR count). The van der Waals surface area contributed by atoms with Crippen molar-refractivity contribution in [1.82, 2.24) is 10.2 Å². The van der Waals surface area contributed by atoms with Crippen LogP contribution in [0.4, 0.5) is 5.69 Å². The average Bonchev–Trinajstić information content (AvgIpc) is 2.94. The molecule has 10 heteroatoms. The molecule has 3 aromatic rings. The lowest BCUT2D eigenvalue weighted by atomic mass is 10.1. The van der Waals surface area contributed by atoms with Gasteiger partial charge in [0.1, 0.15) is 18.3 Å². The van der Waals surface area contributed by atoms with Gasteiger partial charge in [-0.15, -0.1) is 0 Å². The molecule has 0 spiro atoms. The van der Waals surface area contributed by atoms with Crippen LogP contribution in [0.1, 0.15) is 31.4 Å². The van der Waals surface area contributed by atoms with Crippen molar-refractivity contribution in [2.45, 2.75) is 44.7 Å². The Labute approximate surface area is 235 Å². The van der Waals surface area contributed by atoms with Crippen molar-refractivity contribution >= 4 is 39.1 Å². The summed E-state index contributed by atoms with van der Waals surface area (Å²) < 4.78 is 34.4. The number of nitrogens with zero attached hydrogens (tertiary/aromatic N) is 2. The normalized spacial score (nSPS) is 11.9. The molecule has 2 amide bonds. The molecule has 3 aromatic carbocycles. The second-order valence-electron chi connectivity index (χ2n) is 9.12. The van der Waals surface area contributed by atoms with Gasteiger partial charge in [-0.05, 0) is 67.8 Å². The van der Waals surface area contributed by atoms with Gasteiger partial charge in [0.15, 0.2) is 0 Å². The molecule has 1 N–H and O–H groups in total. The van der Waals surface area contributed by atoms with E-state index in [1.165, 1.54) is 24.1 Å². The summed E-state index contributed by atoms with van der Waals surface area (Å²) in [6.45, 7) is 5.38. The summed E-state index contributed by atoms with van der Waals surface area (Å²) in [5.41, 5.74) is 1.76. The highest BCUT2D eigenvalue weighted by Gasteiger charge is 2.33. The molecule has 39 heavy (non-hydrogen) atoms. The van der Waals surface area contributed by atoms with Gasteiger partial charge in [0, 0.05) is 18.1 Å². The standard InChI is InChI=1S/C29H34ClN3O5S/c1-5-17-31-29(35)22(3)32(19-23-12-14-24(30)15-13-23)28(34)20-33(26-18-21(2)11-16-27(26)38-4)39(36,37)25-9-7-6-8-10-25/h6-16,18,22H,5,17,19-20H2,1-4H3,(H,31,35)/t22-/m0/s1. The van der Waals surface area contributed by atoms with E-state index in [2.05, 4.69) is 5.32 Å². The molecular formula is C29H34ClN3O5S. The highest BCUT2D eigenvalue weighted by Crippen LogP contribution is 2.33. The van der Waals surface area contributed by atoms with Crippen molar-refractivity contribution < 1.29 is 22.7 Å². The van der Waals surface area contributed by atoms with E-state index in [9.17, 15) is 18.0 Å². The lowest BCUT2D eigenvalue weighted by Crippen LogP contribution is -2.51. The SMILES string of the molecule is CCCNC(=O)[C@H](C)N(Cc1ccc(Cl)cc1)C(=O)CN(c1cc(C)ccc1OC)S(=O)(=O)c1ccccc1. The maximum Gasteiger partial charge on any atom is 0.264 e. The number of rotatable bonds is 12. The van der Waals surface area contributed by atoms with Gasteiger partial charge in [0.2, 0.25) is 11.8 Å². The average molecular weight is 572 g/mol. The van der Waals surface area contributed by atoms with Crippen LogP contribution in [0.2, 0.25) is 5.02 Å². The van der Waals surface area contributed by atoms with Crippen molar-refractivity contribution in [2.75, 3.05) is 24.5 Å². The Morgan fingerprint density at radius 1 is 1.03 bits per heavy atom. The number of ether oxygens (including phenoxy) is 1. The van der Waals surface area contributed by atoms with Crippen molar-refractivity contribution in [3.05, 3.63) is 88.9 Å². The summed E-state index contributed by atoms with van der Waals surface area (Å²) in [6, 6.07) is 19.1. The first-order chi connectivity index (χ1) is 18.6. The van der Waals surface area contributed by atoms with Crippen molar-refractivity contribution in [3.8, 4) is 5.75 Å². The molecule has 0 saturated heterocycles. The van der Waals surface area contributed by atoms with E-state index >= 15 is 0 Å². The first-order valence-electron chi connectivity index (χ1n) is 12.6. The van der Waals surface area contributed by atoms with E-state index in [-0.39, 0.29) is 23.0 Å². The smallest absolute Gasteiger partial charge is 0.264 e. The number of carbonyl (C=O) groups excluding carboxylic acids is 2. The summed E-state index contributed by atoms with van der Waals surface area (Å²) >= 11 is 6.04. The van der Waals surface area contributed by atoms with Gasteiger partial charge in [-0.3, -0.25) is 13.9 Å². The third-order valence-electron chi connectivity index (χ3n) is 6.20. The van der Waals surface area contributed by atoms with E-state index in [4.69, 9.17) is 16.3 Å². The Hall–Kier alpha value is -3.56. The predicted octanol–water partition coefficient (Wildman–Crippen LogP) is 4.80. The number of amides is 2. The van der Waals surface area contributed by atoms with Crippen LogP contribution in [-0.2, 0) is 26.2 Å². The molecule has 0 aliphatic heterocycles. The Morgan fingerprint density at radius 3 is 2.31 bits per heavy atom. The fraction of sp³-hybridized carbons (Fsp3) is 0.310. The fourth-order valence-electron chi connectivity index (χ4n) is 3.99. The molecule has 0 aliphatic carbocycles. The number of halogens is 1. The number of nitrogens with one attached hydrogen (secondary N) is 1. The third kappa shape index (κ3) is 7.52. The summed E-state index contributed by atoms with van der Waals surface area (Å²) in [4.78, 5) is 28.3. The molecule has 0 saturated carbocycles. The van der Waals surface area contributed by atoms with E-state index in [1.54, 1.807) is 67.6 Å². The number of aryl methyl sites for hydroxylation is 1. The topological polar surface area (TPSA) is 96.0 Å². The Bertz CT molecular complexity index is 1380. The monoisotopic (exact) mass is 571 g/mol. The molecule has 0 heterocycles. The largest absolute Gasteiger partial charge is 0.495 e. The molecule has 0 fully saturated rings. The first kappa shape index (κ1) is 30.0. The zero-order valence-electron chi connectivity index (χ0n) is 22.6. The number of hydrogen-bond acceptors (Lipinski definition) is 5. The maximum atomic E-state index is 14.0. The van der Waals surface area contributed by atoms with Gasteiger partial charge in [-0.1, -0.05) is 54.9 Å². The number of hydrogen-bond donors (Lipinski definition) is 1. The molecule has 208 valence electrons. The minimum absolute atomic E-state index is 0.0272. The molecule has 0 unspecified atom stereocenters. The van der Waals surface area contributed by atoms with Crippen LogP contribution in [0, 0.1) is 6.92 Å². The summed E-state index contributed by atoms with van der Waals surface area (Å²) in [7, 11) is -2.74. The maximum absolute atomic E-state index is 14.0. The molecule has 0 bridgehead atoms.